The minimum absolute atomic E-state index is 0.225. The average Bonchev–Trinajstić information content (AvgIpc) is 2.54. The maximum Gasteiger partial charge on any atom is 0.238 e. The number of hydrazine groups is 1. The van der Waals surface area contributed by atoms with Crippen molar-refractivity contribution >= 4 is 5.91 Å². The fraction of sp³-hybridized carbons (Fsp3) is 0.125. The zero-order valence-electron chi connectivity index (χ0n) is 11.4. The van der Waals surface area contributed by atoms with E-state index in [2.05, 4.69) is 11.5 Å². The molecule has 1 amide bonds. The summed E-state index contributed by atoms with van der Waals surface area (Å²) in [6.45, 7) is 0.426. The van der Waals surface area contributed by atoms with E-state index in [-0.39, 0.29) is 12.3 Å². The minimum atomic E-state index is -0.225. The highest BCUT2D eigenvalue weighted by Gasteiger charge is 2.02. The standard InChI is InChI=1S/C16H15N3O2/c17-10-13-5-7-15(8-6-13)21-11-14-3-1-12(2-4-14)9-16(20)19-18/h1-8H,9,11,18H2,(H,19,20). The number of carbonyl (C=O) groups is 1. The quantitative estimate of drug-likeness (QED) is 0.495. The number of ether oxygens (including phenoxy) is 1. The zero-order chi connectivity index (χ0) is 15.1. The van der Waals surface area contributed by atoms with Crippen molar-refractivity contribution in [2.75, 3.05) is 0 Å². The zero-order valence-corrected chi connectivity index (χ0v) is 11.4. The van der Waals surface area contributed by atoms with E-state index < -0.39 is 0 Å². The number of rotatable bonds is 5. The number of carbonyl (C=O) groups excluding carboxylic acids is 1. The number of nitrogens with one attached hydrogen (secondary N) is 1. The molecule has 0 unspecified atom stereocenters. The molecule has 2 aromatic carbocycles. The molecule has 106 valence electrons. The van der Waals surface area contributed by atoms with Gasteiger partial charge in [-0.1, -0.05) is 24.3 Å². The Labute approximate surface area is 122 Å². The summed E-state index contributed by atoms with van der Waals surface area (Å²) >= 11 is 0. The molecule has 0 aliphatic carbocycles. The predicted molar refractivity (Wildman–Crippen MR) is 78.0 cm³/mol. The van der Waals surface area contributed by atoms with Crippen LogP contribution in [0.4, 0.5) is 0 Å². The number of amides is 1. The molecule has 0 spiro atoms. The third-order valence-corrected chi connectivity index (χ3v) is 2.94. The second-order valence-electron chi connectivity index (χ2n) is 4.49. The summed E-state index contributed by atoms with van der Waals surface area (Å²) in [4.78, 5) is 11.1. The Hall–Kier alpha value is -2.84. The number of nitrogens with zero attached hydrogens (tertiary/aromatic N) is 1. The molecule has 0 saturated heterocycles. The number of benzene rings is 2. The van der Waals surface area contributed by atoms with Crippen LogP contribution in [0, 0.1) is 11.3 Å². The summed E-state index contributed by atoms with van der Waals surface area (Å²) in [6.07, 6.45) is 0.257. The van der Waals surface area contributed by atoms with E-state index in [1.54, 1.807) is 24.3 Å². The lowest BCUT2D eigenvalue weighted by atomic mass is 10.1. The Balaban J connectivity index is 1.91. The van der Waals surface area contributed by atoms with Crippen LogP contribution in [-0.4, -0.2) is 5.91 Å². The molecular weight excluding hydrogens is 266 g/mol. The number of nitrogens with two attached hydrogens (primary N) is 1. The van der Waals surface area contributed by atoms with Crippen LogP contribution in [-0.2, 0) is 17.8 Å². The van der Waals surface area contributed by atoms with Crippen molar-refractivity contribution in [3.63, 3.8) is 0 Å². The van der Waals surface area contributed by atoms with Crippen LogP contribution >= 0.6 is 0 Å². The summed E-state index contributed by atoms with van der Waals surface area (Å²) in [5.74, 6) is 5.53. The number of hydrogen-bond acceptors (Lipinski definition) is 4. The predicted octanol–water partition coefficient (Wildman–Crippen LogP) is 1.67. The largest absolute Gasteiger partial charge is 0.489 e. The topological polar surface area (TPSA) is 88.1 Å². The van der Waals surface area contributed by atoms with Gasteiger partial charge in [-0.15, -0.1) is 0 Å². The smallest absolute Gasteiger partial charge is 0.238 e. The van der Waals surface area contributed by atoms with Crippen molar-refractivity contribution in [1.82, 2.24) is 5.43 Å². The molecule has 0 saturated carbocycles. The van der Waals surface area contributed by atoms with E-state index in [0.717, 1.165) is 11.1 Å². The van der Waals surface area contributed by atoms with Crippen LogP contribution in [0.25, 0.3) is 0 Å². The lowest BCUT2D eigenvalue weighted by Gasteiger charge is -2.07. The Morgan fingerprint density at radius 3 is 2.29 bits per heavy atom. The van der Waals surface area contributed by atoms with Gasteiger partial charge in [0.25, 0.3) is 0 Å². The van der Waals surface area contributed by atoms with Crippen molar-refractivity contribution in [2.45, 2.75) is 13.0 Å². The van der Waals surface area contributed by atoms with Gasteiger partial charge in [-0.2, -0.15) is 5.26 Å². The second-order valence-corrected chi connectivity index (χ2v) is 4.49. The van der Waals surface area contributed by atoms with Crippen LogP contribution < -0.4 is 16.0 Å². The molecule has 21 heavy (non-hydrogen) atoms. The molecule has 0 fully saturated rings. The van der Waals surface area contributed by atoms with E-state index in [0.29, 0.717) is 17.9 Å². The highest BCUT2D eigenvalue weighted by atomic mass is 16.5. The van der Waals surface area contributed by atoms with Gasteiger partial charge in [-0.3, -0.25) is 10.2 Å². The fourth-order valence-corrected chi connectivity index (χ4v) is 1.78. The summed E-state index contributed by atoms with van der Waals surface area (Å²) in [5.41, 5.74) is 4.58. The SMILES string of the molecule is N#Cc1ccc(OCc2ccc(CC(=O)NN)cc2)cc1. The van der Waals surface area contributed by atoms with E-state index in [1.165, 1.54) is 0 Å². The first-order valence-electron chi connectivity index (χ1n) is 6.41. The van der Waals surface area contributed by atoms with Gasteiger partial charge in [0, 0.05) is 0 Å². The maximum atomic E-state index is 11.1. The van der Waals surface area contributed by atoms with Crippen molar-refractivity contribution in [3.05, 3.63) is 65.2 Å². The molecule has 2 aromatic rings. The van der Waals surface area contributed by atoms with Gasteiger partial charge in [-0.05, 0) is 35.4 Å². The lowest BCUT2D eigenvalue weighted by molar-refractivity contribution is -0.120. The van der Waals surface area contributed by atoms with Crippen LogP contribution in [0.15, 0.2) is 48.5 Å². The molecule has 3 N–H and O–H groups in total. The van der Waals surface area contributed by atoms with Crippen LogP contribution in [0.3, 0.4) is 0 Å². The first-order valence-corrected chi connectivity index (χ1v) is 6.41. The summed E-state index contributed by atoms with van der Waals surface area (Å²) in [5, 5.41) is 8.72. The van der Waals surface area contributed by atoms with E-state index in [9.17, 15) is 4.79 Å². The monoisotopic (exact) mass is 281 g/mol. The molecule has 0 bridgehead atoms. The minimum Gasteiger partial charge on any atom is -0.489 e. The fourth-order valence-electron chi connectivity index (χ4n) is 1.78. The van der Waals surface area contributed by atoms with Crippen LogP contribution in [0.5, 0.6) is 5.75 Å². The van der Waals surface area contributed by atoms with Gasteiger partial charge in [0.1, 0.15) is 12.4 Å². The lowest BCUT2D eigenvalue weighted by Crippen LogP contribution is -2.31. The number of nitriles is 1. The Morgan fingerprint density at radius 1 is 1.10 bits per heavy atom. The molecule has 5 nitrogen and oxygen atoms in total. The Morgan fingerprint density at radius 2 is 1.71 bits per heavy atom. The number of hydrogen-bond donors (Lipinski definition) is 2. The van der Waals surface area contributed by atoms with Crippen molar-refractivity contribution in [3.8, 4) is 11.8 Å². The molecule has 2 rings (SSSR count). The molecule has 5 heteroatoms. The van der Waals surface area contributed by atoms with E-state index >= 15 is 0 Å². The summed E-state index contributed by atoms with van der Waals surface area (Å²) < 4.78 is 5.62. The normalized spacial score (nSPS) is 9.71. The molecule has 0 heterocycles. The molecular formula is C16H15N3O2. The van der Waals surface area contributed by atoms with Gasteiger partial charge in [0.15, 0.2) is 0 Å². The van der Waals surface area contributed by atoms with Crippen molar-refractivity contribution in [1.29, 1.82) is 5.26 Å². The van der Waals surface area contributed by atoms with E-state index in [1.807, 2.05) is 24.3 Å². The van der Waals surface area contributed by atoms with Crippen molar-refractivity contribution in [2.24, 2.45) is 5.84 Å². The first kappa shape index (κ1) is 14.6. The van der Waals surface area contributed by atoms with E-state index in [4.69, 9.17) is 15.8 Å². The third-order valence-electron chi connectivity index (χ3n) is 2.94. The maximum absolute atomic E-state index is 11.1. The Kier molecular flexibility index (Phi) is 4.91. The molecule has 0 aliphatic heterocycles. The van der Waals surface area contributed by atoms with Gasteiger partial charge in [0.05, 0.1) is 18.1 Å². The summed E-state index contributed by atoms with van der Waals surface area (Å²) in [6, 6.07) is 16.6. The molecule has 0 radical (unpaired) electrons. The first-order chi connectivity index (χ1) is 10.2. The van der Waals surface area contributed by atoms with Crippen LogP contribution in [0.1, 0.15) is 16.7 Å². The van der Waals surface area contributed by atoms with Gasteiger partial charge in [0.2, 0.25) is 5.91 Å². The van der Waals surface area contributed by atoms with Gasteiger partial charge >= 0.3 is 0 Å². The van der Waals surface area contributed by atoms with Gasteiger partial charge < -0.3 is 4.74 Å². The highest BCUT2D eigenvalue weighted by molar-refractivity contribution is 5.77. The van der Waals surface area contributed by atoms with Crippen molar-refractivity contribution < 1.29 is 9.53 Å². The molecule has 0 aromatic heterocycles. The molecule has 0 atom stereocenters. The summed E-state index contributed by atoms with van der Waals surface area (Å²) in [7, 11) is 0. The van der Waals surface area contributed by atoms with Gasteiger partial charge in [-0.25, -0.2) is 5.84 Å². The third kappa shape index (κ3) is 4.34. The molecule has 0 aliphatic rings. The second kappa shape index (κ2) is 7.08. The van der Waals surface area contributed by atoms with Crippen LogP contribution in [0.2, 0.25) is 0 Å². The Bertz CT molecular complexity index is 643. The average molecular weight is 281 g/mol. The highest BCUT2D eigenvalue weighted by Crippen LogP contribution is 2.14.